The molecule has 1 fully saturated rings. The van der Waals surface area contributed by atoms with E-state index < -0.39 is 10.0 Å². The van der Waals surface area contributed by atoms with Crippen LogP contribution in [0.5, 0.6) is 0 Å². The molecule has 1 N–H and O–H groups in total. The van der Waals surface area contributed by atoms with Crippen molar-refractivity contribution in [2.45, 2.75) is 13.8 Å². The van der Waals surface area contributed by atoms with E-state index in [1.807, 2.05) is 13.8 Å². The Morgan fingerprint density at radius 2 is 2.10 bits per heavy atom. The average Bonchev–Trinajstić information content (AvgIpc) is 2.10. The highest BCUT2D eigenvalue weighted by molar-refractivity contribution is 7.89. The van der Waals surface area contributed by atoms with Crippen molar-refractivity contribution in [1.82, 2.24) is 4.72 Å². The summed E-state index contributed by atoms with van der Waals surface area (Å²) in [6.45, 7) is 4.72. The summed E-state index contributed by atoms with van der Waals surface area (Å²) < 4.78 is 24.2. The zero-order valence-electron chi connectivity index (χ0n) is 6.29. The molecule has 1 atom stereocenters. The molecule has 1 rings (SSSR count). The molecular formula is C6H13NO2S. The van der Waals surface area contributed by atoms with Crippen LogP contribution >= 0.6 is 0 Å². The fraction of sp³-hybridized carbons (Fsp3) is 1.00. The third-order valence-corrected chi connectivity index (χ3v) is 3.42. The van der Waals surface area contributed by atoms with Gasteiger partial charge in [0, 0.05) is 6.54 Å². The van der Waals surface area contributed by atoms with E-state index in [1.54, 1.807) is 0 Å². The standard InChI is InChI=1S/C6H13NO2S/c1-5(2)6-3-7-10(8,9)4-6/h5-7H,3-4H2,1-2H3. The lowest BCUT2D eigenvalue weighted by Crippen LogP contribution is -2.15. The number of sulfonamides is 1. The van der Waals surface area contributed by atoms with Crippen molar-refractivity contribution in [3.05, 3.63) is 0 Å². The summed E-state index contributed by atoms with van der Waals surface area (Å²) in [7, 11) is -2.89. The van der Waals surface area contributed by atoms with E-state index in [0.29, 0.717) is 24.1 Å². The fourth-order valence-electron chi connectivity index (χ4n) is 1.06. The molecule has 0 aromatic heterocycles. The molecular weight excluding hydrogens is 150 g/mol. The zero-order valence-corrected chi connectivity index (χ0v) is 7.11. The van der Waals surface area contributed by atoms with Gasteiger partial charge in [-0.25, -0.2) is 13.1 Å². The van der Waals surface area contributed by atoms with Crippen LogP contribution in [-0.4, -0.2) is 20.7 Å². The first-order valence-electron chi connectivity index (χ1n) is 3.48. The molecule has 0 radical (unpaired) electrons. The van der Waals surface area contributed by atoms with Gasteiger partial charge in [-0.3, -0.25) is 0 Å². The quantitative estimate of drug-likeness (QED) is 0.600. The Balaban J connectivity index is 2.60. The largest absolute Gasteiger partial charge is 0.215 e. The van der Waals surface area contributed by atoms with Crippen LogP contribution in [0.25, 0.3) is 0 Å². The van der Waals surface area contributed by atoms with Crippen molar-refractivity contribution in [3.63, 3.8) is 0 Å². The van der Waals surface area contributed by atoms with Crippen molar-refractivity contribution in [1.29, 1.82) is 0 Å². The first-order valence-corrected chi connectivity index (χ1v) is 5.14. The molecule has 1 aliphatic rings. The van der Waals surface area contributed by atoms with Crippen LogP contribution in [0, 0.1) is 11.8 Å². The lowest BCUT2D eigenvalue weighted by atomic mass is 9.99. The lowest BCUT2D eigenvalue weighted by molar-refractivity contribution is 0.442. The monoisotopic (exact) mass is 163 g/mol. The maximum Gasteiger partial charge on any atom is 0.211 e. The minimum atomic E-state index is -2.89. The third kappa shape index (κ3) is 1.70. The Labute approximate surface area is 61.9 Å². The highest BCUT2D eigenvalue weighted by atomic mass is 32.2. The van der Waals surface area contributed by atoms with Gasteiger partial charge in [-0.05, 0) is 11.8 Å². The lowest BCUT2D eigenvalue weighted by Gasteiger charge is -2.08. The summed E-state index contributed by atoms with van der Waals surface area (Å²) in [4.78, 5) is 0. The van der Waals surface area contributed by atoms with Crippen LogP contribution in [0.2, 0.25) is 0 Å². The molecule has 0 amide bonds. The highest BCUT2D eigenvalue weighted by Crippen LogP contribution is 2.16. The minimum Gasteiger partial charge on any atom is -0.215 e. The van der Waals surface area contributed by atoms with E-state index in [2.05, 4.69) is 4.72 Å². The molecule has 4 heteroatoms. The smallest absolute Gasteiger partial charge is 0.211 e. The van der Waals surface area contributed by atoms with Crippen molar-refractivity contribution < 1.29 is 8.42 Å². The Bertz CT molecular complexity index is 208. The number of hydrogen-bond donors (Lipinski definition) is 1. The Hall–Kier alpha value is -0.0900. The molecule has 3 nitrogen and oxygen atoms in total. The van der Waals surface area contributed by atoms with E-state index in [9.17, 15) is 8.42 Å². The van der Waals surface area contributed by atoms with E-state index >= 15 is 0 Å². The molecule has 0 aliphatic carbocycles. The van der Waals surface area contributed by atoms with Crippen molar-refractivity contribution in [2.24, 2.45) is 11.8 Å². The van der Waals surface area contributed by atoms with Crippen molar-refractivity contribution in [2.75, 3.05) is 12.3 Å². The normalized spacial score (nSPS) is 31.3. The SMILES string of the molecule is CC(C)C1CNS(=O)(=O)C1. The maximum atomic E-state index is 10.8. The Morgan fingerprint density at radius 1 is 1.50 bits per heavy atom. The second-order valence-corrected chi connectivity index (χ2v) is 4.99. The van der Waals surface area contributed by atoms with Crippen LogP contribution < -0.4 is 4.72 Å². The van der Waals surface area contributed by atoms with E-state index in [-0.39, 0.29) is 0 Å². The molecule has 1 aliphatic heterocycles. The Kier molecular flexibility index (Phi) is 2.01. The summed E-state index contributed by atoms with van der Waals surface area (Å²) in [6, 6.07) is 0. The second kappa shape index (κ2) is 2.51. The average molecular weight is 163 g/mol. The minimum absolute atomic E-state index is 0.310. The number of hydrogen-bond acceptors (Lipinski definition) is 2. The van der Waals surface area contributed by atoms with Gasteiger partial charge in [-0.1, -0.05) is 13.8 Å². The predicted molar refractivity (Wildman–Crippen MR) is 40.1 cm³/mol. The van der Waals surface area contributed by atoms with Crippen LogP contribution in [0.15, 0.2) is 0 Å². The highest BCUT2D eigenvalue weighted by Gasteiger charge is 2.28. The van der Waals surface area contributed by atoms with Gasteiger partial charge in [-0.2, -0.15) is 0 Å². The van der Waals surface area contributed by atoms with Gasteiger partial charge in [0.2, 0.25) is 10.0 Å². The summed E-state index contributed by atoms with van der Waals surface area (Å²) in [5.74, 6) is 1.08. The van der Waals surface area contributed by atoms with Gasteiger partial charge < -0.3 is 0 Å². The van der Waals surface area contributed by atoms with E-state index in [1.165, 1.54) is 0 Å². The van der Waals surface area contributed by atoms with Gasteiger partial charge >= 0.3 is 0 Å². The van der Waals surface area contributed by atoms with Gasteiger partial charge in [0.05, 0.1) is 5.75 Å². The predicted octanol–water partition coefficient (Wildman–Crippen LogP) is 0.192. The van der Waals surface area contributed by atoms with Gasteiger partial charge in [-0.15, -0.1) is 0 Å². The summed E-state index contributed by atoms with van der Waals surface area (Å²) in [5.41, 5.74) is 0. The molecule has 0 aromatic rings. The molecule has 0 aromatic carbocycles. The van der Waals surface area contributed by atoms with Crippen molar-refractivity contribution in [3.8, 4) is 0 Å². The number of nitrogens with one attached hydrogen (secondary N) is 1. The molecule has 1 heterocycles. The molecule has 1 saturated heterocycles. The van der Waals surface area contributed by atoms with Crippen LogP contribution in [0.4, 0.5) is 0 Å². The first kappa shape index (κ1) is 8.01. The molecule has 1 unspecified atom stereocenters. The van der Waals surface area contributed by atoms with E-state index in [0.717, 1.165) is 0 Å². The van der Waals surface area contributed by atoms with E-state index in [4.69, 9.17) is 0 Å². The molecule has 0 spiro atoms. The van der Waals surface area contributed by atoms with Crippen LogP contribution in [0.1, 0.15) is 13.8 Å². The third-order valence-electron chi connectivity index (χ3n) is 1.94. The second-order valence-electron chi connectivity index (χ2n) is 3.13. The molecule has 10 heavy (non-hydrogen) atoms. The van der Waals surface area contributed by atoms with Crippen molar-refractivity contribution >= 4 is 10.0 Å². The number of rotatable bonds is 1. The molecule has 0 bridgehead atoms. The molecule has 0 saturated carbocycles. The van der Waals surface area contributed by atoms with Gasteiger partial charge in [0.25, 0.3) is 0 Å². The van der Waals surface area contributed by atoms with Gasteiger partial charge in [0.1, 0.15) is 0 Å². The Morgan fingerprint density at radius 3 is 2.30 bits per heavy atom. The van der Waals surface area contributed by atoms with Crippen LogP contribution in [0.3, 0.4) is 0 Å². The summed E-state index contributed by atoms with van der Waals surface area (Å²) in [6.07, 6.45) is 0. The van der Waals surface area contributed by atoms with Crippen LogP contribution in [-0.2, 0) is 10.0 Å². The first-order chi connectivity index (χ1) is 4.51. The maximum absolute atomic E-state index is 10.8. The fourth-order valence-corrected chi connectivity index (χ4v) is 2.71. The molecule has 60 valence electrons. The summed E-state index contributed by atoms with van der Waals surface area (Å²) in [5, 5.41) is 0. The topological polar surface area (TPSA) is 46.2 Å². The van der Waals surface area contributed by atoms with Gasteiger partial charge in [0.15, 0.2) is 0 Å². The zero-order chi connectivity index (χ0) is 7.78. The summed E-state index contributed by atoms with van der Waals surface area (Å²) >= 11 is 0.